The monoisotopic (exact) mass is 402 g/mol. The lowest BCUT2D eigenvalue weighted by Gasteiger charge is -2.19. The van der Waals surface area contributed by atoms with Gasteiger partial charge in [-0.1, -0.05) is 36.4 Å². The molecule has 0 radical (unpaired) electrons. The molecule has 1 atom stereocenters. The molecule has 0 saturated carbocycles. The highest BCUT2D eigenvalue weighted by Crippen LogP contribution is 2.26. The largest absolute Gasteiger partial charge is 0.344 e. The van der Waals surface area contributed by atoms with Gasteiger partial charge < -0.3 is 11.1 Å². The van der Waals surface area contributed by atoms with Crippen LogP contribution in [0, 0.1) is 19.7 Å². The number of benzene rings is 3. The number of aromatic nitrogens is 2. The Morgan fingerprint density at radius 3 is 2.67 bits per heavy atom. The van der Waals surface area contributed by atoms with Crippen molar-refractivity contribution in [3.8, 4) is 11.1 Å². The summed E-state index contributed by atoms with van der Waals surface area (Å²) in [5, 5.41) is 11.1. The van der Waals surface area contributed by atoms with E-state index in [1.165, 1.54) is 0 Å². The molecule has 6 heteroatoms. The summed E-state index contributed by atoms with van der Waals surface area (Å²) in [6.07, 6.45) is 0. The van der Waals surface area contributed by atoms with E-state index in [4.69, 9.17) is 5.73 Å². The Hall–Kier alpha value is -3.51. The van der Waals surface area contributed by atoms with Gasteiger partial charge >= 0.3 is 0 Å². The molecule has 4 aromatic rings. The highest BCUT2D eigenvalue weighted by molar-refractivity contribution is 5.96. The number of nitrogens with one attached hydrogen (secondary N) is 2. The van der Waals surface area contributed by atoms with Gasteiger partial charge in [0.05, 0.1) is 11.6 Å². The molecule has 0 aliphatic heterocycles. The fourth-order valence-electron chi connectivity index (χ4n) is 3.60. The van der Waals surface area contributed by atoms with Crippen LogP contribution < -0.4 is 11.1 Å². The summed E-state index contributed by atoms with van der Waals surface area (Å²) in [6, 6.07) is 17.8. The van der Waals surface area contributed by atoms with Crippen LogP contribution in [-0.4, -0.2) is 22.6 Å². The quantitative estimate of drug-likeness (QED) is 0.462. The van der Waals surface area contributed by atoms with Crippen LogP contribution in [0.5, 0.6) is 0 Å². The molecule has 1 aromatic heterocycles. The van der Waals surface area contributed by atoms with E-state index >= 15 is 0 Å². The SMILES string of the molecule is Cc1cccc(C(CN)NC(=O)c2cccc(-c3ccc4n[nH]c(C)c4c3)c2)c1F. The number of aromatic amines is 1. The van der Waals surface area contributed by atoms with Gasteiger partial charge in [0.2, 0.25) is 0 Å². The smallest absolute Gasteiger partial charge is 0.251 e. The Bertz CT molecular complexity index is 1230. The van der Waals surface area contributed by atoms with E-state index in [0.29, 0.717) is 16.7 Å². The number of nitrogens with zero attached hydrogens (tertiary/aromatic N) is 1. The third-order valence-electron chi connectivity index (χ3n) is 5.34. The number of nitrogens with two attached hydrogens (primary N) is 1. The van der Waals surface area contributed by atoms with Gasteiger partial charge in [-0.05, 0) is 54.8 Å². The minimum atomic E-state index is -0.606. The minimum Gasteiger partial charge on any atom is -0.344 e. The number of fused-ring (bicyclic) bond motifs is 1. The van der Waals surface area contributed by atoms with Crippen molar-refractivity contribution in [2.45, 2.75) is 19.9 Å². The Balaban J connectivity index is 1.61. The van der Waals surface area contributed by atoms with E-state index in [2.05, 4.69) is 21.6 Å². The van der Waals surface area contributed by atoms with Crippen molar-refractivity contribution >= 4 is 16.8 Å². The summed E-state index contributed by atoms with van der Waals surface area (Å²) >= 11 is 0. The summed E-state index contributed by atoms with van der Waals surface area (Å²) in [4.78, 5) is 12.9. The van der Waals surface area contributed by atoms with Crippen LogP contribution in [0.25, 0.3) is 22.0 Å². The second-order valence-electron chi connectivity index (χ2n) is 7.40. The number of amides is 1. The third kappa shape index (κ3) is 3.69. The first-order valence-electron chi connectivity index (χ1n) is 9.79. The van der Waals surface area contributed by atoms with E-state index < -0.39 is 6.04 Å². The van der Waals surface area contributed by atoms with Gasteiger partial charge in [-0.3, -0.25) is 9.89 Å². The molecular weight excluding hydrogens is 379 g/mol. The van der Waals surface area contributed by atoms with Crippen molar-refractivity contribution in [2.75, 3.05) is 6.54 Å². The molecule has 30 heavy (non-hydrogen) atoms. The molecule has 0 aliphatic carbocycles. The zero-order valence-corrected chi connectivity index (χ0v) is 16.9. The standard InChI is InChI=1S/C24H23FN4O/c1-14-5-3-8-19(23(14)25)22(13-26)27-24(30)18-7-4-6-16(11-18)17-9-10-21-20(12-17)15(2)28-29-21/h3-12,22H,13,26H2,1-2H3,(H,27,30)(H,28,29). The minimum absolute atomic E-state index is 0.0994. The maximum Gasteiger partial charge on any atom is 0.251 e. The molecule has 3 aromatic carbocycles. The molecule has 5 nitrogen and oxygen atoms in total. The molecule has 1 unspecified atom stereocenters. The summed E-state index contributed by atoms with van der Waals surface area (Å²) < 4.78 is 14.5. The van der Waals surface area contributed by atoms with E-state index in [1.54, 1.807) is 31.2 Å². The fourth-order valence-corrected chi connectivity index (χ4v) is 3.60. The first kappa shape index (κ1) is 19.8. The van der Waals surface area contributed by atoms with Crippen molar-refractivity contribution in [3.05, 3.63) is 88.9 Å². The second-order valence-corrected chi connectivity index (χ2v) is 7.40. The average Bonchev–Trinajstić information content (AvgIpc) is 3.14. The zero-order valence-electron chi connectivity index (χ0n) is 16.9. The van der Waals surface area contributed by atoms with Gasteiger partial charge in [-0.2, -0.15) is 5.10 Å². The van der Waals surface area contributed by atoms with Crippen LogP contribution in [0.15, 0.2) is 60.7 Å². The number of carbonyl (C=O) groups excluding carboxylic acids is 1. The lowest BCUT2D eigenvalue weighted by Crippen LogP contribution is -2.34. The predicted molar refractivity (Wildman–Crippen MR) is 117 cm³/mol. The number of carbonyl (C=O) groups is 1. The number of rotatable bonds is 5. The summed E-state index contributed by atoms with van der Waals surface area (Å²) in [7, 11) is 0. The molecule has 0 saturated heterocycles. The molecule has 152 valence electrons. The van der Waals surface area contributed by atoms with Crippen LogP contribution in [-0.2, 0) is 0 Å². The summed E-state index contributed by atoms with van der Waals surface area (Å²) in [5.41, 5.74) is 11.0. The number of aryl methyl sites for hydroxylation is 2. The summed E-state index contributed by atoms with van der Waals surface area (Å²) in [5.74, 6) is -0.639. The van der Waals surface area contributed by atoms with Gasteiger partial charge in [0, 0.05) is 28.8 Å². The predicted octanol–water partition coefficient (Wildman–Crippen LogP) is 4.42. The molecule has 4 rings (SSSR count). The molecule has 1 heterocycles. The van der Waals surface area contributed by atoms with Gasteiger partial charge in [-0.15, -0.1) is 0 Å². The lowest BCUT2D eigenvalue weighted by molar-refractivity contribution is 0.0937. The van der Waals surface area contributed by atoms with Crippen molar-refractivity contribution < 1.29 is 9.18 Å². The van der Waals surface area contributed by atoms with Crippen LogP contribution >= 0.6 is 0 Å². The van der Waals surface area contributed by atoms with Crippen molar-refractivity contribution in [1.82, 2.24) is 15.5 Å². The van der Waals surface area contributed by atoms with E-state index in [9.17, 15) is 9.18 Å². The topological polar surface area (TPSA) is 83.8 Å². The van der Waals surface area contributed by atoms with Crippen molar-refractivity contribution in [2.24, 2.45) is 5.73 Å². The van der Waals surface area contributed by atoms with E-state index in [0.717, 1.165) is 27.7 Å². The Labute approximate surface area is 174 Å². The lowest BCUT2D eigenvalue weighted by atomic mass is 10.00. The van der Waals surface area contributed by atoms with Gasteiger partial charge in [-0.25, -0.2) is 4.39 Å². The molecule has 0 spiro atoms. The molecule has 0 fully saturated rings. The number of H-pyrrole nitrogens is 1. The van der Waals surface area contributed by atoms with Gasteiger partial charge in [0.1, 0.15) is 5.82 Å². The molecular formula is C24H23FN4O. The first-order chi connectivity index (χ1) is 14.5. The average molecular weight is 402 g/mol. The second kappa shape index (κ2) is 8.08. The highest BCUT2D eigenvalue weighted by Gasteiger charge is 2.19. The molecule has 1 amide bonds. The van der Waals surface area contributed by atoms with Gasteiger partial charge in [0.15, 0.2) is 0 Å². The maximum atomic E-state index is 14.5. The number of halogens is 1. The van der Waals surface area contributed by atoms with Crippen molar-refractivity contribution in [1.29, 1.82) is 0 Å². The maximum absolute atomic E-state index is 14.5. The highest BCUT2D eigenvalue weighted by atomic mass is 19.1. The molecule has 0 bridgehead atoms. The zero-order chi connectivity index (χ0) is 21.3. The molecule has 4 N–H and O–H groups in total. The fraction of sp³-hybridized carbons (Fsp3) is 0.167. The van der Waals surface area contributed by atoms with Gasteiger partial charge in [0.25, 0.3) is 5.91 Å². The number of hydrogen-bond donors (Lipinski definition) is 3. The Morgan fingerprint density at radius 2 is 1.87 bits per heavy atom. The van der Waals surface area contributed by atoms with Crippen LogP contribution in [0.2, 0.25) is 0 Å². The first-order valence-corrected chi connectivity index (χ1v) is 9.79. The number of hydrogen-bond acceptors (Lipinski definition) is 3. The van der Waals surface area contributed by atoms with Crippen LogP contribution in [0.4, 0.5) is 4.39 Å². The normalized spacial score (nSPS) is 12.1. The van der Waals surface area contributed by atoms with Crippen LogP contribution in [0.1, 0.15) is 33.2 Å². The summed E-state index contributed by atoms with van der Waals surface area (Å²) in [6.45, 7) is 3.76. The van der Waals surface area contributed by atoms with Crippen molar-refractivity contribution in [3.63, 3.8) is 0 Å². The van der Waals surface area contributed by atoms with E-state index in [1.807, 2.05) is 37.3 Å². The van der Waals surface area contributed by atoms with Crippen LogP contribution in [0.3, 0.4) is 0 Å². The molecule has 0 aliphatic rings. The Morgan fingerprint density at radius 1 is 1.10 bits per heavy atom. The third-order valence-corrected chi connectivity index (χ3v) is 5.34. The van der Waals surface area contributed by atoms with E-state index in [-0.39, 0.29) is 18.3 Å². The Kier molecular flexibility index (Phi) is 5.33.